The van der Waals surface area contributed by atoms with E-state index < -0.39 is 5.60 Å². The predicted octanol–water partition coefficient (Wildman–Crippen LogP) is 2.42. The summed E-state index contributed by atoms with van der Waals surface area (Å²) in [6.07, 6.45) is 5.79. The Bertz CT molecular complexity index is 217. The lowest BCUT2D eigenvalue weighted by Gasteiger charge is -2.29. The van der Waals surface area contributed by atoms with Gasteiger partial charge in [-0.2, -0.15) is 0 Å². The summed E-state index contributed by atoms with van der Waals surface area (Å²) in [5.41, 5.74) is -0.558. The molecular weight excluding hydrogens is 198 g/mol. The lowest BCUT2D eigenvalue weighted by molar-refractivity contribution is 0.0132. The number of aliphatic hydroxyl groups is 1. The molecule has 2 fully saturated rings. The molecule has 2 heteroatoms. The topological polar surface area (TPSA) is 32.3 Å². The molecule has 0 heterocycles. The molecule has 0 saturated heterocycles. The highest BCUT2D eigenvalue weighted by Crippen LogP contribution is 2.48. The monoisotopic (exact) mass is 225 g/mol. The van der Waals surface area contributed by atoms with Gasteiger partial charge in [0.05, 0.1) is 5.60 Å². The molecule has 0 aliphatic heterocycles. The van der Waals surface area contributed by atoms with Crippen molar-refractivity contribution >= 4 is 0 Å². The number of nitrogens with one attached hydrogen (secondary N) is 1. The van der Waals surface area contributed by atoms with Crippen LogP contribution in [-0.4, -0.2) is 23.8 Å². The van der Waals surface area contributed by atoms with Crippen LogP contribution in [0, 0.1) is 23.7 Å². The SMILES string of the molecule is CC(C)C(C)(O)CNCC(C1CC1)C1CC1. The van der Waals surface area contributed by atoms with Crippen molar-refractivity contribution in [3.8, 4) is 0 Å². The molecule has 2 N–H and O–H groups in total. The van der Waals surface area contributed by atoms with E-state index in [-0.39, 0.29) is 0 Å². The summed E-state index contributed by atoms with van der Waals surface area (Å²) in [6, 6.07) is 0. The molecule has 94 valence electrons. The van der Waals surface area contributed by atoms with E-state index in [0.717, 1.165) is 30.8 Å². The van der Waals surface area contributed by atoms with Gasteiger partial charge in [-0.25, -0.2) is 0 Å². The standard InChI is InChI=1S/C14H27NO/c1-10(2)14(3,16)9-15-8-13(11-4-5-11)12-6-7-12/h10-13,15-16H,4-9H2,1-3H3. The Balaban J connectivity index is 1.69. The Kier molecular flexibility index (Phi) is 3.60. The minimum absolute atomic E-state index is 0.320. The van der Waals surface area contributed by atoms with E-state index >= 15 is 0 Å². The molecule has 0 amide bonds. The largest absolute Gasteiger partial charge is 0.389 e. The van der Waals surface area contributed by atoms with Gasteiger partial charge in [-0.3, -0.25) is 0 Å². The van der Waals surface area contributed by atoms with Gasteiger partial charge in [-0.1, -0.05) is 13.8 Å². The second-order valence-corrected chi connectivity index (χ2v) is 6.48. The first-order valence-corrected chi connectivity index (χ1v) is 6.94. The van der Waals surface area contributed by atoms with Gasteiger partial charge in [-0.05, 0) is 62.8 Å². The summed E-state index contributed by atoms with van der Waals surface area (Å²) in [7, 11) is 0. The maximum atomic E-state index is 10.2. The van der Waals surface area contributed by atoms with Gasteiger partial charge in [-0.15, -0.1) is 0 Å². The van der Waals surface area contributed by atoms with Crippen molar-refractivity contribution in [2.24, 2.45) is 23.7 Å². The van der Waals surface area contributed by atoms with Crippen LogP contribution in [0.15, 0.2) is 0 Å². The fourth-order valence-electron chi connectivity index (χ4n) is 2.46. The van der Waals surface area contributed by atoms with Gasteiger partial charge in [0.2, 0.25) is 0 Å². The predicted molar refractivity (Wildman–Crippen MR) is 67.3 cm³/mol. The smallest absolute Gasteiger partial charge is 0.0766 e. The van der Waals surface area contributed by atoms with Crippen molar-refractivity contribution in [2.45, 2.75) is 52.1 Å². The molecule has 0 bridgehead atoms. The molecule has 0 aromatic rings. The second-order valence-electron chi connectivity index (χ2n) is 6.48. The summed E-state index contributed by atoms with van der Waals surface area (Å²) in [5, 5.41) is 13.7. The first kappa shape index (κ1) is 12.4. The molecule has 0 spiro atoms. The molecule has 0 aromatic carbocycles. The van der Waals surface area contributed by atoms with Gasteiger partial charge in [0, 0.05) is 6.54 Å². The van der Waals surface area contributed by atoms with Crippen LogP contribution in [0.2, 0.25) is 0 Å². The molecule has 1 unspecified atom stereocenters. The van der Waals surface area contributed by atoms with Crippen molar-refractivity contribution in [1.29, 1.82) is 0 Å². The third kappa shape index (κ3) is 3.21. The third-order valence-electron chi connectivity index (χ3n) is 4.56. The molecule has 2 nitrogen and oxygen atoms in total. The fourth-order valence-corrected chi connectivity index (χ4v) is 2.46. The van der Waals surface area contributed by atoms with Crippen LogP contribution >= 0.6 is 0 Å². The Morgan fingerprint density at radius 3 is 2.06 bits per heavy atom. The van der Waals surface area contributed by atoms with E-state index in [4.69, 9.17) is 0 Å². The highest BCUT2D eigenvalue weighted by molar-refractivity contribution is 4.93. The summed E-state index contributed by atoms with van der Waals surface area (Å²) >= 11 is 0. The zero-order valence-corrected chi connectivity index (χ0v) is 11.0. The van der Waals surface area contributed by atoms with Gasteiger partial charge in [0.1, 0.15) is 0 Å². The highest BCUT2D eigenvalue weighted by Gasteiger charge is 2.41. The fraction of sp³-hybridized carbons (Fsp3) is 1.00. The van der Waals surface area contributed by atoms with E-state index in [1.54, 1.807) is 0 Å². The van der Waals surface area contributed by atoms with Gasteiger partial charge < -0.3 is 10.4 Å². The molecule has 1 atom stereocenters. The lowest BCUT2D eigenvalue weighted by Crippen LogP contribution is -2.43. The van der Waals surface area contributed by atoms with E-state index in [0.29, 0.717) is 5.92 Å². The van der Waals surface area contributed by atoms with Gasteiger partial charge in [0.15, 0.2) is 0 Å². The van der Waals surface area contributed by atoms with Crippen molar-refractivity contribution in [1.82, 2.24) is 5.32 Å². The zero-order chi connectivity index (χ0) is 11.8. The van der Waals surface area contributed by atoms with E-state index in [1.807, 2.05) is 6.92 Å². The first-order valence-electron chi connectivity index (χ1n) is 6.94. The van der Waals surface area contributed by atoms with Crippen molar-refractivity contribution in [3.63, 3.8) is 0 Å². The van der Waals surface area contributed by atoms with Crippen LogP contribution < -0.4 is 5.32 Å². The van der Waals surface area contributed by atoms with Gasteiger partial charge >= 0.3 is 0 Å². The van der Waals surface area contributed by atoms with Crippen LogP contribution in [0.3, 0.4) is 0 Å². The van der Waals surface area contributed by atoms with Crippen molar-refractivity contribution in [3.05, 3.63) is 0 Å². The minimum Gasteiger partial charge on any atom is -0.389 e. The Morgan fingerprint density at radius 2 is 1.69 bits per heavy atom. The van der Waals surface area contributed by atoms with Gasteiger partial charge in [0.25, 0.3) is 0 Å². The van der Waals surface area contributed by atoms with Crippen LogP contribution in [0.4, 0.5) is 0 Å². The molecule has 2 rings (SSSR count). The Hall–Kier alpha value is -0.0800. The quantitative estimate of drug-likeness (QED) is 0.697. The molecule has 2 aliphatic carbocycles. The van der Waals surface area contributed by atoms with E-state index in [2.05, 4.69) is 19.2 Å². The Morgan fingerprint density at radius 1 is 1.19 bits per heavy atom. The van der Waals surface area contributed by atoms with Crippen LogP contribution in [0.1, 0.15) is 46.5 Å². The zero-order valence-electron chi connectivity index (χ0n) is 11.0. The van der Waals surface area contributed by atoms with Crippen molar-refractivity contribution in [2.75, 3.05) is 13.1 Å². The summed E-state index contributed by atoms with van der Waals surface area (Å²) in [5.74, 6) is 3.23. The van der Waals surface area contributed by atoms with Crippen LogP contribution in [0.25, 0.3) is 0 Å². The maximum absolute atomic E-state index is 10.2. The average Bonchev–Trinajstić information content (AvgIpc) is 3.03. The molecule has 16 heavy (non-hydrogen) atoms. The first-order chi connectivity index (χ1) is 7.50. The highest BCUT2D eigenvalue weighted by atomic mass is 16.3. The Labute approximate surface area is 99.8 Å². The number of rotatable bonds is 7. The summed E-state index contributed by atoms with van der Waals surface area (Å²) < 4.78 is 0. The molecule has 2 aliphatic rings. The molecular formula is C14H27NO. The molecule has 2 saturated carbocycles. The normalized spacial score (nSPS) is 25.1. The summed E-state index contributed by atoms with van der Waals surface area (Å²) in [4.78, 5) is 0. The summed E-state index contributed by atoms with van der Waals surface area (Å²) in [6.45, 7) is 7.97. The number of hydrogen-bond acceptors (Lipinski definition) is 2. The lowest BCUT2D eigenvalue weighted by atomic mass is 9.92. The van der Waals surface area contributed by atoms with E-state index in [9.17, 15) is 5.11 Å². The number of hydrogen-bond donors (Lipinski definition) is 2. The average molecular weight is 225 g/mol. The van der Waals surface area contributed by atoms with Crippen LogP contribution in [-0.2, 0) is 0 Å². The molecule has 0 radical (unpaired) electrons. The minimum atomic E-state index is -0.558. The van der Waals surface area contributed by atoms with Crippen molar-refractivity contribution < 1.29 is 5.11 Å². The second kappa shape index (κ2) is 4.66. The maximum Gasteiger partial charge on any atom is 0.0766 e. The third-order valence-corrected chi connectivity index (χ3v) is 4.56. The van der Waals surface area contributed by atoms with Crippen LogP contribution in [0.5, 0.6) is 0 Å². The molecule has 0 aromatic heterocycles. The van der Waals surface area contributed by atoms with E-state index in [1.165, 1.54) is 25.7 Å².